The third kappa shape index (κ3) is 7.19. The SMILES string of the molecule is CC(C)CC(=O)NC(CCC(=O)O)C(O)O. The van der Waals surface area contributed by atoms with Crippen molar-refractivity contribution in [2.45, 2.75) is 45.4 Å². The zero-order chi connectivity index (χ0) is 12.7. The molecule has 0 bridgehead atoms. The Hall–Kier alpha value is -1.14. The molecular formula is C10H19NO5. The van der Waals surface area contributed by atoms with Crippen molar-refractivity contribution in [2.75, 3.05) is 0 Å². The van der Waals surface area contributed by atoms with Gasteiger partial charge < -0.3 is 20.6 Å². The highest BCUT2D eigenvalue weighted by Crippen LogP contribution is 2.04. The molecule has 6 nitrogen and oxygen atoms in total. The lowest BCUT2D eigenvalue weighted by Gasteiger charge is -2.20. The highest BCUT2D eigenvalue weighted by molar-refractivity contribution is 5.76. The Kier molecular flexibility index (Phi) is 6.67. The Morgan fingerprint density at radius 3 is 2.19 bits per heavy atom. The molecule has 0 aliphatic rings. The van der Waals surface area contributed by atoms with Crippen LogP contribution in [0.25, 0.3) is 0 Å². The Bertz CT molecular complexity index is 239. The standard InChI is InChI=1S/C10H19NO5/c1-6(2)5-8(12)11-7(10(15)16)3-4-9(13)14/h6-7,10,15-16H,3-5H2,1-2H3,(H,11,12)(H,13,14). The van der Waals surface area contributed by atoms with Crippen molar-refractivity contribution in [2.24, 2.45) is 5.92 Å². The summed E-state index contributed by atoms with van der Waals surface area (Å²) in [6.45, 7) is 3.72. The molecule has 0 saturated heterocycles. The van der Waals surface area contributed by atoms with Crippen molar-refractivity contribution < 1.29 is 24.9 Å². The molecule has 1 amide bonds. The quantitative estimate of drug-likeness (QED) is 0.451. The van der Waals surface area contributed by atoms with E-state index >= 15 is 0 Å². The molecule has 0 aromatic heterocycles. The summed E-state index contributed by atoms with van der Waals surface area (Å²) in [4.78, 5) is 21.6. The molecule has 0 spiro atoms. The number of amides is 1. The first kappa shape index (κ1) is 14.9. The molecule has 4 N–H and O–H groups in total. The predicted octanol–water partition coefficient (Wildman–Crippen LogP) is -0.307. The van der Waals surface area contributed by atoms with E-state index in [-0.39, 0.29) is 31.1 Å². The van der Waals surface area contributed by atoms with Gasteiger partial charge in [0.1, 0.15) is 0 Å². The van der Waals surface area contributed by atoms with E-state index < -0.39 is 18.3 Å². The summed E-state index contributed by atoms with van der Waals surface area (Å²) < 4.78 is 0. The maximum Gasteiger partial charge on any atom is 0.303 e. The van der Waals surface area contributed by atoms with Crippen molar-refractivity contribution >= 4 is 11.9 Å². The van der Waals surface area contributed by atoms with Crippen molar-refractivity contribution in [3.05, 3.63) is 0 Å². The molecule has 94 valence electrons. The highest BCUT2D eigenvalue weighted by Gasteiger charge is 2.20. The van der Waals surface area contributed by atoms with Crippen LogP contribution in [0.4, 0.5) is 0 Å². The molecule has 1 atom stereocenters. The van der Waals surface area contributed by atoms with Crippen molar-refractivity contribution in [3.63, 3.8) is 0 Å². The Balaban J connectivity index is 4.12. The predicted molar refractivity (Wildman–Crippen MR) is 56.5 cm³/mol. The van der Waals surface area contributed by atoms with Crippen molar-refractivity contribution in [1.29, 1.82) is 0 Å². The number of hydrogen-bond donors (Lipinski definition) is 4. The fraction of sp³-hybridized carbons (Fsp3) is 0.800. The lowest BCUT2D eigenvalue weighted by molar-refractivity contribution is -0.139. The molecule has 0 aliphatic heterocycles. The zero-order valence-corrected chi connectivity index (χ0v) is 9.51. The summed E-state index contributed by atoms with van der Waals surface area (Å²) in [5, 5.41) is 28.8. The van der Waals surface area contributed by atoms with Gasteiger partial charge in [-0.3, -0.25) is 9.59 Å². The van der Waals surface area contributed by atoms with E-state index in [0.717, 1.165) is 0 Å². The van der Waals surface area contributed by atoms with E-state index in [1.54, 1.807) is 0 Å². The molecule has 0 radical (unpaired) electrons. The number of rotatable bonds is 7. The first-order chi connectivity index (χ1) is 7.32. The van der Waals surface area contributed by atoms with Crippen LogP contribution in [0.2, 0.25) is 0 Å². The van der Waals surface area contributed by atoms with E-state index in [4.69, 9.17) is 15.3 Å². The summed E-state index contributed by atoms with van der Waals surface area (Å²) >= 11 is 0. The monoisotopic (exact) mass is 233 g/mol. The molecule has 0 rings (SSSR count). The van der Waals surface area contributed by atoms with Crippen LogP contribution in [0, 0.1) is 5.92 Å². The van der Waals surface area contributed by atoms with Crippen LogP contribution in [0.3, 0.4) is 0 Å². The molecule has 0 saturated carbocycles. The molecule has 16 heavy (non-hydrogen) atoms. The van der Waals surface area contributed by atoms with Crippen molar-refractivity contribution in [1.82, 2.24) is 5.32 Å². The van der Waals surface area contributed by atoms with E-state index in [9.17, 15) is 9.59 Å². The average molecular weight is 233 g/mol. The molecule has 0 fully saturated rings. The van der Waals surface area contributed by atoms with Gasteiger partial charge in [0.25, 0.3) is 0 Å². The van der Waals surface area contributed by atoms with Gasteiger partial charge in [-0.05, 0) is 12.3 Å². The van der Waals surface area contributed by atoms with Crippen LogP contribution < -0.4 is 5.32 Å². The first-order valence-corrected chi connectivity index (χ1v) is 5.20. The Morgan fingerprint density at radius 1 is 1.25 bits per heavy atom. The Morgan fingerprint density at radius 2 is 1.81 bits per heavy atom. The van der Waals surface area contributed by atoms with E-state index in [1.165, 1.54) is 0 Å². The number of aliphatic carboxylic acids is 1. The highest BCUT2D eigenvalue weighted by atomic mass is 16.5. The smallest absolute Gasteiger partial charge is 0.303 e. The number of hydrogen-bond acceptors (Lipinski definition) is 4. The second kappa shape index (κ2) is 7.19. The van der Waals surface area contributed by atoms with Crippen LogP contribution in [-0.4, -0.2) is 39.5 Å². The minimum Gasteiger partial charge on any atom is -0.481 e. The number of carbonyl (C=O) groups is 2. The van der Waals surface area contributed by atoms with Crippen LogP contribution in [0.15, 0.2) is 0 Å². The minimum absolute atomic E-state index is 0.00314. The second-order valence-electron chi connectivity index (χ2n) is 4.12. The van der Waals surface area contributed by atoms with Gasteiger partial charge in [-0.1, -0.05) is 13.8 Å². The van der Waals surface area contributed by atoms with Gasteiger partial charge in [-0.2, -0.15) is 0 Å². The second-order valence-corrected chi connectivity index (χ2v) is 4.12. The fourth-order valence-electron chi connectivity index (χ4n) is 1.21. The molecule has 0 aromatic rings. The lowest BCUT2D eigenvalue weighted by Crippen LogP contribution is -2.43. The van der Waals surface area contributed by atoms with Gasteiger partial charge >= 0.3 is 5.97 Å². The largest absolute Gasteiger partial charge is 0.481 e. The van der Waals surface area contributed by atoms with Crippen molar-refractivity contribution in [3.8, 4) is 0 Å². The Labute approximate surface area is 94.3 Å². The van der Waals surface area contributed by atoms with Crippen LogP contribution in [0.5, 0.6) is 0 Å². The minimum atomic E-state index is -1.74. The maximum absolute atomic E-state index is 11.3. The molecule has 0 aromatic carbocycles. The van der Waals surface area contributed by atoms with Gasteiger partial charge in [0.05, 0.1) is 6.04 Å². The number of carboxylic acid groups (broad SMARTS) is 1. The maximum atomic E-state index is 11.3. The third-order valence-corrected chi connectivity index (χ3v) is 1.97. The molecule has 0 aliphatic carbocycles. The van der Waals surface area contributed by atoms with Crippen LogP contribution >= 0.6 is 0 Å². The summed E-state index contributed by atoms with van der Waals surface area (Å²) in [6.07, 6.45) is -1.69. The number of carboxylic acids is 1. The zero-order valence-electron chi connectivity index (χ0n) is 9.51. The van der Waals surface area contributed by atoms with E-state index in [0.29, 0.717) is 0 Å². The molecular weight excluding hydrogens is 214 g/mol. The van der Waals surface area contributed by atoms with E-state index in [1.807, 2.05) is 13.8 Å². The molecule has 6 heteroatoms. The summed E-state index contributed by atoms with van der Waals surface area (Å²) in [7, 11) is 0. The number of aliphatic hydroxyl groups is 2. The summed E-state index contributed by atoms with van der Waals surface area (Å²) in [5.74, 6) is -1.18. The average Bonchev–Trinajstić information content (AvgIpc) is 2.09. The summed E-state index contributed by atoms with van der Waals surface area (Å²) in [6, 6.07) is -0.928. The van der Waals surface area contributed by atoms with Crippen LogP contribution in [-0.2, 0) is 9.59 Å². The topological polar surface area (TPSA) is 107 Å². The summed E-state index contributed by atoms with van der Waals surface area (Å²) in [5.41, 5.74) is 0. The number of nitrogens with one attached hydrogen (secondary N) is 1. The van der Waals surface area contributed by atoms with Gasteiger partial charge in [0.15, 0.2) is 6.29 Å². The van der Waals surface area contributed by atoms with Crippen LogP contribution in [0.1, 0.15) is 33.1 Å². The normalized spacial score (nSPS) is 12.9. The van der Waals surface area contributed by atoms with E-state index in [2.05, 4.69) is 5.32 Å². The first-order valence-electron chi connectivity index (χ1n) is 5.20. The van der Waals surface area contributed by atoms with Gasteiger partial charge in [0.2, 0.25) is 5.91 Å². The third-order valence-electron chi connectivity index (χ3n) is 1.97. The fourth-order valence-corrected chi connectivity index (χ4v) is 1.21. The number of aliphatic hydroxyl groups excluding tert-OH is 1. The van der Waals surface area contributed by atoms with Gasteiger partial charge in [-0.25, -0.2) is 0 Å². The van der Waals surface area contributed by atoms with Gasteiger partial charge in [-0.15, -0.1) is 0 Å². The van der Waals surface area contributed by atoms with Gasteiger partial charge in [0, 0.05) is 12.8 Å². The lowest BCUT2D eigenvalue weighted by atomic mass is 10.1. The number of carbonyl (C=O) groups excluding carboxylic acids is 1. The molecule has 0 heterocycles. The molecule has 1 unspecified atom stereocenters.